The van der Waals surface area contributed by atoms with Crippen LogP contribution < -0.4 is 11.1 Å². The number of anilines is 2. The Morgan fingerprint density at radius 1 is 1.35 bits per heavy atom. The molecule has 1 amide bonds. The average Bonchev–Trinajstić information content (AvgIpc) is 3.38. The van der Waals surface area contributed by atoms with E-state index in [1.807, 2.05) is 0 Å². The molecule has 5 rings (SSSR count). The summed E-state index contributed by atoms with van der Waals surface area (Å²) in [5, 5.41) is 8.30. The van der Waals surface area contributed by atoms with Crippen LogP contribution in [0.15, 0.2) is 29.3 Å². The van der Waals surface area contributed by atoms with Crippen molar-refractivity contribution in [2.75, 3.05) is 5.32 Å². The van der Waals surface area contributed by atoms with E-state index in [1.54, 1.807) is 28.1 Å². The first-order valence-corrected chi connectivity index (χ1v) is 8.84. The third-order valence-corrected chi connectivity index (χ3v) is 5.34. The van der Waals surface area contributed by atoms with E-state index in [0.29, 0.717) is 22.7 Å². The van der Waals surface area contributed by atoms with Gasteiger partial charge in [0, 0.05) is 10.4 Å². The highest BCUT2D eigenvalue weighted by Gasteiger charge is 2.19. The van der Waals surface area contributed by atoms with Crippen LogP contribution in [0.4, 0.5) is 10.9 Å². The lowest BCUT2D eigenvalue weighted by Crippen LogP contribution is -2.09. The number of nitrogens with zero attached hydrogens (tertiary/aromatic N) is 5. The van der Waals surface area contributed by atoms with E-state index in [0.717, 1.165) is 18.0 Å². The minimum absolute atomic E-state index is 0.0766. The molecule has 0 radical (unpaired) electrons. The summed E-state index contributed by atoms with van der Waals surface area (Å²) in [6.07, 6.45) is 7.82. The number of aryl methyl sites for hydroxylation is 2. The van der Waals surface area contributed by atoms with E-state index in [9.17, 15) is 4.79 Å². The van der Waals surface area contributed by atoms with Gasteiger partial charge in [0.15, 0.2) is 22.4 Å². The number of furan rings is 1. The smallest absolute Gasteiger partial charge is 0.284 e. The summed E-state index contributed by atoms with van der Waals surface area (Å²) in [5.41, 5.74) is 8.25. The number of nitrogens with one attached hydrogen (secondary N) is 1. The Balaban J connectivity index is 1.54. The maximum Gasteiger partial charge on any atom is 0.284 e. The first kappa shape index (κ1) is 15.0. The Kier molecular flexibility index (Phi) is 3.25. The van der Waals surface area contributed by atoms with E-state index in [-0.39, 0.29) is 5.76 Å². The van der Waals surface area contributed by atoms with Gasteiger partial charge in [-0.3, -0.25) is 4.79 Å². The number of nitrogens with two attached hydrogens (primary N) is 1. The predicted octanol–water partition coefficient (Wildman–Crippen LogP) is 2.17. The summed E-state index contributed by atoms with van der Waals surface area (Å²) in [6.45, 7) is 0. The van der Waals surface area contributed by atoms with E-state index in [4.69, 9.17) is 10.2 Å². The highest BCUT2D eigenvalue weighted by atomic mass is 32.1. The van der Waals surface area contributed by atoms with Gasteiger partial charge in [-0.1, -0.05) is 0 Å². The van der Waals surface area contributed by atoms with Crippen LogP contribution in [0.25, 0.3) is 16.9 Å². The molecule has 130 valence electrons. The van der Waals surface area contributed by atoms with Crippen molar-refractivity contribution in [1.82, 2.24) is 24.6 Å². The van der Waals surface area contributed by atoms with Crippen LogP contribution in [-0.2, 0) is 12.8 Å². The standard InChI is InChI=1S/C16H13N7O2S/c17-13(24)11-4-8(6-25-11)10-5-18-14(15-19-7-20-23(10)15)22-16-21-9-2-1-3-12(9)26-16/h4-7H,1-3H2,(H2,17,24)(H,18,21,22). The second kappa shape index (κ2) is 5.63. The van der Waals surface area contributed by atoms with Crippen molar-refractivity contribution in [2.45, 2.75) is 19.3 Å². The van der Waals surface area contributed by atoms with Crippen molar-refractivity contribution in [3.63, 3.8) is 0 Å². The van der Waals surface area contributed by atoms with Gasteiger partial charge in [0.05, 0.1) is 17.6 Å². The number of carbonyl (C=O) groups is 1. The number of hydrogen-bond donors (Lipinski definition) is 2. The van der Waals surface area contributed by atoms with Crippen LogP contribution in [0.5, 0.6) is 0 Å². The normalized spacial score (nSPS) is 13.2. The molecule has 0 saturated heterocycles. The van der Waals surface area contributed by atoms with Crippen LogP contribution in [0.3, 0.4) is 0 Å². The molecule has 0 atom stereocenters. The van der Waals surface area contributed by atoms with Gasteiger partial charge >= 0.3 is 0 Å². The summed E-state index contributed by atoms with van der Waals surface area (Å²) in [6, 6.07) is 1.55. The monoisotopic (exact) mass is 367 g/mol. The molecule has 10 heteroatoms. The van der Waals surface area contributed by atoms with Gasteiger partial charge in [0.25, 0.3) is 5.91 Å². The minimum Gasteiger partial charge on any atom is -0.458 e. The largest absolute Gasteiger partial charge is 0.458 e. The van der Waals surface area contributed by atoms with Crippen LogP contribution in [0.2, 0.25) is 0 Å². The number of thiazole rings is 1. The van der Waals surface area contributed by atoms with Crippen molar-refractivity contribution in [3.05, 3.63) is 41.2 Å². The summed E-state index contributed by atoms with van der Waals surface area (Å²) in [4.78, 5) is 25.9. The highest BCUT2D eigenvalue weighted by Crippen LogP contribution is 2.33. The Morgan fingerprint density at radius 2 is 2.27 bits per heavy atom. The van der Waals surface area contributed by atoms with Gasteiger partial charge in [0.1, 0.15) is 12.6 Å². The van der Waals surface area contributed by atoms with Gasteiger partial charge < -0.3 is 15.5 Å². The van der Waals surface area contributed by atoms with Crippen molar-refractivity contribution in [1.29, 1.82) is 0 Å². The Labute approximate surface area is 150 Å². The molecule has 0 aromatic carbocycles. The Bertz CT molecular complexity index is 1120. The number of primary amides is 1. The minimum atomic E-state index is -0.630. The molecule has 0 spiro atoms. The van der Waals surface area contributed by atoms with Crippen LogP contribution >= 0.6 is 11.3 Å². The number of fused-ring (bicyclic) bond motifs is 2. The fourth-order valence-electron chi connectivity index (χ4n) is 3.05. The topological polar surface area (TPSA) is 124 Å². The third-order valence-electron chi connectivity index (χ3n) is 4.26. The van der Waals surface area contributed by atoms with E-state index in [1.165, 1.54) is 29.6 Å². The van der Waals surface area contributed by atoms with Gasteiger partial charge in [-0.05, 0) is 25.3 Å². The number of aromatic nitrogens is 5. The third kappa shape index (κ3) is 2.34. The van der Waals surface area contributed by atoms with Gasteiger partial charge in [-0.2, -0.15) is 5.10 Å². The number of rotatable bonds is 4. The molecule has 4 heterocycles. The van der Waals surface area contributed by atoms with Crippen molar-refractivity contribution in [2.24, 2.45) is 5.73 Å². The lowest BCUT2D eigenvalue weighted by atomic mass is 10.2. The maximum absolute atomic E-state index is 11.2. The molecule has 0 fully saturated rings. The molecular weight excluding hydrogens is 354 g/mol. The average molecular weight is 367 g/mol. The molecule has 4 aromatic rings. The zero-order chi connectivity index (χ0) is 17.7. The van der Waals surface area contributed by atoms with Crippen LogP contribution in [-0.4, -0.2) is 30.5 Å². The zero-order valence-electron chi connectivity index (χ0n) is 13.5. The van der Waals surface area contributed by atoms with E-state index < -0.39 is 5.91 Å². The van der Waals surface area contributed by atoms with Gasteiger partial charge in [0.2, 0.25) is 0 Å². The SMILES string of the molecule is NC(=O)c1cc(-c2cnc(Nc3nc4c(s3)CCC4)c3ncnn23)co1. The summed E-state index contributed by atoms with van der Waals surface area (Å²) in [5.74, 6) is 0.0132. The fourth-order valence-corrected chi connectivity index (χ4v) is 4.10. The first-order chi connectivity index (χ1) is 12.7. The van der Waals surface area contributed by atoms with Crippen molar-refractivity contribution in [3.8, 4) is 11.3 Å². The number of hydrogen-bond acceptors (Lipinski definition) is 8. The lowest BCUT2D eigenvalue weighted by molar-refractivity contribution is 0.0974. The van der Waals surface area contributed by atoms with Crippen molar-refractivity contribution < 1.29 is 9.21 Å². The Morgan fingerprint density at radius 3 is 3.08 bits per heavy atom. The second-order valence-corrected chi connectivity index (χ2v) is 7.00. The summed E-state index contributed by atoms with van der Waals surface area (Å²) >= 11 is 1.65. The Hall–Kier alpha value is -3.27. The molecule has 3 N–H and O–H groups in total. The van der Waals surface area contributed by atoms with Crippen molar-refractivity contribution >= 4 is 33.8 Å². The summed E-state index contributed by atoms with van der Waals surface area (Å²) in [7, 11) is 0. The molecule has 0 unspecified atom stereocenters. The number of carbonyl (C=O) groups excluding carboxylic acids is 1. The molecule has 1 aliphatic rings. The zero-order valence-corrected chi connectivity index (χ0v) is 14.3. The molecule has 1 aliphatic carbocycles. The quantitative estimate of drug-likeness (QED) is 0.566. The fraction of sp³-hybridized carbons (Fsp3) is 0.188. The molecule has 26 heavy (non-hydrogen) atoms. The van der Waals surface area contributed by atoms with Gasteiger partial charge in [-0.15, -0.1) is 11.3 Å². The van der Waals surface area contributed by atoms with E-state index >= 15 is 0 Å². The molecule has 0 aliphatic heterocycles. The molecule has 0 bridgehead atoms. The molecular formula is C16H13N7O2S. The maximum atomic E-state index is 11.2. The first-order valence-electron chi connectivity index (χ1n) is 8.02. The van der Waals surface area contributed by atoms with Crippen LogP contribution in [0, 0.1) is 0 Å². The summed E-state index contributed by atoms with van der Waals surface area (Å²) < 4.78 is 6.81. The molecule has 9 nitrogen and oxygen atoms in total. The second-order valence-electron chi connectivity index (χ2n) is 5.92. The molecule has 0 saturated carbocycles. The van der Waals surface area contributed by atoms with Gasteiger partial charge in [-0.25, -0.2) is 19.5 Å². The lowest BCUT2D eigenvalue weighted by Gasteiger charge is -2.06. The molecule has 4 aromatic heterocycles. The van der Waals surface area contributed by atoms with E-state index in [2.05, 4.69) is 25.4 Å². The van der Waals surface area contributed by atoms with Crippen LogP contribution in [0.1, 0.15) is 27.5 Å². The number of amides is 1. The highest BCUT2D eigenvalue weighted by molar-refractivity contribution is 7.15. The predicted molar refractivity (Wildman–Crippen MR) is 94.4 cm³/mol.